The van der Waals surface area contributed by atoms with E-state index >= 15 is 0 Å². The number of fused-ring (bicyclic) bond motifs is 1. The molecule has 0 saturated carbocycles. The van der Waals surface area contributed by atoms with Gasteiger partial charge in [-0.1, -0.05) is 48.5 Å². The maximum atomic E-state index is 12.1. The highest BCUT2D eigenvalue weighted by Gasteiger charge is 2.12. The van der Waals surface area contributed by atoms with E-state index in [-0.39, 0.29) is 18.4 Å². The number of hydrogen-bond donors (Lipinski definition) is 2. The van der Waals surface area contributed by atoms with Crippen LogP contribution in [0.3, 0.4) is 0 Å². The molecule has 6 heteroatoms. The summed E-state index contributed by atoms with van der Waals surface area (Å²) in [6, 6.07) is 21.5. The Bertz CT molecular complexity index is 974. The van der Waals surface area contributed by atoms with Crippen molar-refractivity contribution in [2.24, 2.45) is 0 Å². The Balaban J connectivity index is 1.51. The molecule has 0 spiro atoms. The first-order valence-electron chi connectivity index (χ1n) is 8.53. The van der Waals surface area contributed by atoms with Crippen LogP contribution in [0.5, 0.6) is 0 Å². The van der Waals surface area contributed by atoms with E-state index in [0.717, 1.165) is 5.56 Å². The molecule has 0 aromatic heterocycles. The fourth-order valence-electron chi connectivity index (χ4n) is 2.83. The van der Waals surface area contributed by atoms with Crippen molar-refractivity contribution in [1.82, 2.24) is 15.8 Å². The van der Waals surface area contributed by atoms with E-state index in [2.05, 4.69) is 57.1 Å². The first kappa shape index (κ1) is 19.1. The molecule has 3 aromatic rings. The molecule has 0 saturated heterocycles. The van der Waals surface area contributed by atoms with Crippen LogP contribution in [0.2, 0.25) is 0 Å². The van der Waals surface area contributed by atoms with Crippen LogP contribution in [0.1, 0.15) is 15.9 Å². The first-order chi connectivity index (χ1) is 13.0. The van der Waals surface area contributed by atoms with Crippen molar-refractivity contribution in [2.45, 2.75) is 6.54 Å². The van der Waals surface area contributed by atoms with Crippen molar-refractivity contribution in [1.29, 1.82) is 0 Å². The smallest absolute Gasteiger partial charge is 0.270 e. The van der Waals surface area contributed by atoms with Crippen molar-refractivity contribution >= 4 is 38.5 Å². The lowest BCUT2D eigenvalue weighted by Crippen LogP contribution is -2.45. The van der Waals surface area contributed by atoms with Crippen LogP contribution in [-0.2, 0) is 11.3 Å². The Morgan fingerprint density at radius 3 is 2.41 bits per heavy atom. The second-order valence-electron chi connectivity index (χ2n) is 6.34. The van der Waals surface area contributed by atoms with Crippen molar-refractivity contribution in [3.63, 3.8) is 0 Å². The summed E-state index contributed by atoms with van der Waals surface area (Å²) in [7, 11) is 1.87. The molecule has 138 valence electrons. The number of nitrogens with one attached hydrogen (secondary N) is 2. The van der Waals surface area contributed by atoms with Crippen molar-refractivity contribution < 1.29 is 9.59 Å². The number of likely N-dealkylation sites (N-methyl/N-ethyl adjacent to an activating group) is 1. The molecule has 0 heterocycles. The molecule has 0 aliphatic carbocycles. The predicted molar refractivity (Wildman–Crippen MR) is 110 cm³/mol. The highest BCUT2D eigenvalue weighted by molar-refractivity contribution is 9.10. The van der Waals surface area contributed by atoms with Crippen LogP contribution in [0.25, 0.3) is 10.8 Å². The van der Waals surface area contributed by atoms with Gasteiger partial charge in [0.15, 0.2) is 0 Å². The van der Waals surface area contributed by atoms with Gasteiger partial charge in [0, 0.05) is 11.0 Å². The van der Waals surface area contributed by atoms with Crippen molar-refractivity contribution in [3.8, 4) is 0 Å². The van der Waals surface area contributed by atoms with E-state index in [0.29, 0.717) is 16.6 Å². The number of nitrogens with zero attached hydrogens (tertiary/aromatic N) is 1. The zero-order chi connectivity index (χ0) is 19.2. The van der Waals surface area contributed by atoms with E-state index in [1.807, 2.05) is 30.1 Å². The molecule has 0 unspecified atom stereocenters. The SMILES string of the molecule is CN(CC(=O)NNC(=O)c1ccccc1Br)Cc1ccc2ccccc2c1. The third kappa shape index (κ3) is 5.15. The second-order valence-corrected chi connectivity index (χ2v) is 7.19. The van der Waals surface area contributed by atoms with Crippen LogP contribution >= 0.6 is 15.9 Å². The van der Waals surface area contributed by atoms with Gasteiger partial charge < -0.3 is 0 Å². The molecule has 5 nitrogen and oxygen atoms in total. The third-order valence-electron chi connectivity index (χ3n) is 4.11. The maximum Gasteiger partial charge on any atom is 0.270 e. The highest BCUT2D eigenvalue weighted by Crippen LogP contribution is 2.17. The quantitative estimate of drug-likeness (QED) is 0.614. The van der Waals surface area contributed by atoms with E-state index in [1.54, 1.807) is 18.2 Å². The van der Waals surface area contributed by atoms with Gasteiger partial charge in [-0.3, -0.25) is 25.3 Å². The minimum Gasteiger partial charge on any atom is -0.293 e. The van der Waals surface area contributed by atoms with Crippen LogP contribution in [-0.4, -0.2) is 30.3 Å². The van der Waals surface area contributed by atoms with Crippen LogP contribution < -0.4 is 10.9 Å². The van der Waals surface area contributed by atoms with E-state index in [1.165, 1.54) is 10.8 Å². The molecule has 0 aliphatic heterocycles. The minimum absolute atomic E-state index is 0.170. The highest BCUT2D eigenvalue weighted by atomic mass is 79.9. The average molecular weight is 426 g/mol. The molecule has 0 fully saturated rings. The summed E-state index contributed by atoms with van der Waals surface area (Å²) in [5, 5.41) is 2.37. The Hall–Kier alpha value is -2.70. The van der Waals surface area contributed by atoms with Crippen molar-refractivity contribution in [2.75, 3.05) is 13.6 Å². The van der Waals surface area contributed by atoms with Gasteiger partial charge >= 0.3 is 0 Å². The topological polar surface area (TPSA) is 61.4 Å². The molecular formula is C21H20BrN3O2. The molecule has 0 atom stereocenters. The van der Waals surface area contributed by atoms with Crippen LogP contribution in [0.15, 0.2) is 71.2 Å². The predicted octanol–water partition coefficient (Wildman–Crippen LogP) is 3.50. The number of amides is 2. The van der Waals surface area contributed by atoms with Crippen molar-refractivity contribution in [3.05, 3.63) is 82.3 Å². The van der Waals surface area contributed by atoms with Gasteiger partial charge in [0.2, 0.25) is 0 Å². The Labute approximate surface area is 166 Å². The number of benzene rings is 3. The summed E-state index contributed by atoms with van der Waals surface area (Å²) in [6.07, 6.45) is 0. The Morgan fingerprint density at radius 2 is 1.63 bits per heavy atom. The van der Waals surface area contributed by atoms with Gasteiger partial charge in [-0.25, -0.2) is 0 Å². The average Bonchev–Trinajstić information content (AvgIpc) is 2.66. The van der Waals surface area contributed by atoms with Crippen LogP contribution in [0.4, 0.5) is 0 Å². The monoisotopic (exact) mass is 425 g/mol. The standard InChI is InChI=1S/C21H20BrN3O2/c1-25(13-15-10-11-16-6-2-3-7-17(16)12-15)14-20(26)23-24-21(27)18-8-4-5-9-19(18)22/h2-12H,13-14H2,1H3,(H,23,26)(H,24,27). The molecule has 2 N–H and O–H groups in total. The number of carbonyl (C=O) groups is 2. The fourth-order valence-corrected chi connectivity index (χ4v) is 3.29. The maximum absolute atomic E-state index is 12.1. The summed E-state index contributed by atoms with van der Waals surface area (Å²) < 4.78 is 0.671. The molecule has 27 heavy (non-hydrogen) atoms. The fraction of sp³-hybridized carbons (Fsp3) is 0.143. The molecule has 3 rings (SSSR count). The number of hydrazine groups is 1. The lowest BCUT2D eigenvalue weighted by Gasteiger charge is -2.17. The summed E-state index contributed by atoms with van der Waals surface area (Å²) in [4.78, 5) is 26.1. The minimum atomic E-state index is -0.368. The number of halogens is 1. The number of rotatable bonds is 5. The van der Waals surface area contributed by atoms with Gasteiger partial charge in [0.1, 0.15) is 0 Å². The van der Waals surface area contributed by atoms with Gasteiger partial charge in [-0.05, 0) is 57.5 Å². The summed E-state index contributed by atoms with van der Waals surface area (Å²) in [5.41, 5.74) is 6.48. The van der Waals surface area contributed by atoms with Gasteiger partial charge in [-0.15, -0.1) is 0 Å². The molecule has 0 aliphatic rings. The first-order valence-corrected chi connectivity index (χ1v) is 9.32. The number of hydrogen-bond acceptors (Lipinski definition) is 3. The summed E-state index contributed by atoms with van der Waals surface area (Å²) in [6.45, 7) is 0.805. The number of carbonyl (C=O) groups excluding carboxylic acids is 2. The van der Waals surface area contributed by atoms with Gasteiger partial charge in [0.25, 0.3) is 11.8 Å². The Kier molecular flexibility index (Phi) is 6.21. The molecule has 3 aromatic carbocycles. The normalized spacial score (nSPS) is 10.8. The lowest BCUT2D eigenvalue weighted by molar-refractivity contribution is -0.122. The summed E-state index contributed by atoms with van der Waals surface area (Å²) >= 11 is 3.32. The zero-order valence-corrected chi connectivity index (χ0v) is 16.5. The van der Waals surface area contributed by atoms with Crippen LogP contribution in [0, 0.1) is 0 Å². The van der Waals surface area contributed by atoms with E-state index in [4.69, 9.17) is 0 Å². The van der Waals surface area contributed by atoms with Gasteiger partial charge in [-0.2, -0.15) is 0 Å². The van der Waals surface area contributed by atoms with Gasteiger partial charge in [0.05, 0.1) is 12.1 Å². The largest absolute Gasteiger partial charge is 0.293 e. The molecule has 0 bridgehead atoms. The lowest BCUT2D eigenvalue weighted by atomic mass is 10.1. The molecule has 0 radical (unpaired) electrons. The third-order valence-corrected chi connectivity index (χ3v) is 4.81. The van der Waals surface area contributed by atoms with E-state index < -0.39 is 0 Å². The molecule has 2 amide bonds. The zero-order valence-electron chi connectivity index (χ0n) is 14.9. The summed E-state index contributed by atoms with van der Waals surface area (Å²) in [5.74, 6) is -0.647. The molecular weight excluding hydrogens is 406 g/mol. The second kappa shape index (κ2) is 8.79. The Morgan fingerprint density at radius 1 is 0.926 bits per heavy atom. The van der Waals surface area contributed by atoms with E-state index in [9.17, 15) is 9.59 Å².